The molecule has 0 bridgehead atoms. The number of carbonyl (C=O) groups excluding carboxylic acids is 4. The lowest BCUT2D eigenvalue weighted by Crippen LogP contribution is -2.32. The summed E-state index contributed by atoms with van der Waals surface area (Å²) in [5, 5.41) is 9.17. The number of rotatable bonds is 6. The summed E-state index contributed by atoms with van der Waals surface area (Å²) in [7, 11) is 0. The molecule has 3 amide bonds. The van der Waals surface area contributed by atoms with Crippen molar-refractivity contribution in [1.82, 2.24) is 5.43 Å². The molecule has 3 aromatic rings. The van der Waals surface area contributed by atoms with Gasteiger partial charge in [0.15, 0.2) is 0 Å². The van der Waals surface area contributed by atoms with Crippen LogP contribution in [-0.2, 0) is 14.4 Å². The van der Waals surface area contributed by atoms with Crippen molar-refractivity contribution < 1.29 is 23.9 Å². The standard InChI is InChI=1S/C24H19ClN4O5/c1-15(30)27-19-8-10-20(11-9-19)28-22(31)23(32)29-26-14-16-4-2-7-21(12-16)34-24(33)17-5-3-6-18(25)13-17/h2-14H,1H3,(H,27,30)(H,28,31)(H,29,32). The van der Waals surface area contributed by atoms with E-state index in [1.54, 1.807) is 48.5 Å². The number of anilines is 2. The van der Waals surface area contributed by atoms with E-state index in [4.69, 9.17) is 16.3 Å². The summed E-state index contributed by atoms with van der Waals surface area (Å²) in [6.07, 6.45) is 1.30. The third-order valence-corrected chi connectivity index (χ3v) is 4.41. The predicted molar refractivity (Wildman–Crippen MR) is 128 cm³/mol. The van der Waals surface area contributed by atoms with Crippen molar-refractivity contribution >= 4 is 52.9 Å². The lowest BCUT2D eigenvalue weighted by molar-refractivity contribution is -0.136. The molecule has 0 saturated heterocycles. The van der Waals surface area contributed by atoms with Gasteiger partial charge in [-0.1, -0.05) is 29.8 Å². The highest BCUT2D eigenvalue weighted by atomic mass is 35.5. The first-order valence-corrected chi connectivity index (χ1v) is 10.3. The van der Waals surface area contributed by atoms with Gasteiger partial charge in [-0.2, -0.15) is 5.10 Å². The monoisotopic (exact) mass is 478 g/mol. The number of nitrogens with zero attached hydrogens (tertiary/aromatic N) is 1. The van der Waals surface area contributed by atoms with Crippen LogP contribution in [0.1, 0.15) is 22.8 Å². The third kappa shape index (κ3) is 7.28. The van der Waals surface area contributed by atoms with Gasteiger partial charge in [-0.05, 0) is 60.2 Å². The molecule has 34 heavy (non-hydrogen) atoms. The van der Waals surface area contributed by atoms with E-state index in [1.807, 2.05) is 0 Å². The van der Waals surface area contributed by atoms with E-state index >= 15 is 0 Å². The highest BCUT2D eigenvalue weighted by molar-refractivity contribution is 6.39. The number of nitrogens with one attached hydrogen (secondary N) is 3. The smallest absolute Gasteiger partial charge is 0.343 e. The Morgan fingerprint density at radius 3 is 2.21 bits per heavy atom. The van der Waals surface area contributed by atoms with Gasteiger partial charge in [-0.15, -0.1) is 0 Å². The molecule has 10 heteroatoms. The van der Waals surface area contributed by atoms with Crippen LogP contribution >= 0.6 is 11.6 Å². The summed E-state index contributed by atoms with van der Waals surface area (Å²) < 4.78 is 5.32. The van der Waals surface area contributed by atoms with E-state index < -0.39 is 17.8 Å². The third-order valence-electron chi connectivity index (χ3n) is 4.18. The molecule has 9 nitrogen and oxygen atoms in total. The molecule has 0 aliphatic heterocycles. The van der Waals surface area contributed by atoms with Gasteiger partial charge in [-0.3, -0.25) is 14.4 Å². The second-order valence-corrected chi connectivity index (χ2v) is 7.32. The Morgan fingerprint density at radius 1 is 0.853 bits per heavy atom. The van der Waals surface area contributed by atoms with Crippen molar-refractivity contribution in [2.75, 3.05) is 10.6 Å². The zero-order valence-corrected chi connectivity index (χ0v) is 18.6. The van der Waals surface area contributed by atoms with Crippen LogP contribution in [0.5, 0.6) is 5.75 Å². The fourth-order valence-electron chi connectivity index (χ4n) is 2.68. The topological polar surface area (TPSA) is 126 Å². The molecule has 0 radical (unpaired) electrons. The summed E-state index contributed by atoms with van der Waals surface area (Å²) in [5.74, 6) is -2.44. The van der Waals surface area contributed by atoms with Crippen molar-refractivity contribution in [1.29, 1.82) is 0 Å². The van der Waals surface area contributed by atoms with E-state index in [-0.39, 0.29) is 11.7 Å². The number of carbonyl (C=O) groups is 4. The summed E-state index contributed by atoms with van der Waals surface area (Å²) in [6.45, 7) is 1.38. The minimum absolute atomic E-state index is 0.223. The normalized spacial score (nSPS) is 10.4. The second kappa shape index (κ2) is 11.4. The van der Waals surface area contributed by atoms with Gasteiger partial charge in [0, 0.05) is 23.3 Å². The van der Waals surface area contributed by atoms with Crippen LogP contribution in [0.4, 0.5) is 11.4 Å². The van der Waals surface area contributed by atoms with E-state index in [0.717, 1.165) is 0 Å². The van der Waals surface area contributed by atoms with Gasteiger partial charge in [0.1, 0.15) is 5.75 Å². The molecule has 0 atom stereocenters. The maximum Gasteiger partial charge on any atom is 0.343 e. The van der Waals surface area contributed by atoms with Crippen LogP contribution in [0.25, 0.3) is 0 Å². The lowest BCUT2D eigenvalue weighted by Gasteiger charge is -2.06. The van der Waals surface area contributed by atoms with Gasteiger partial charge >= 0.3 is 17.8 Å². The van der Waals surface area contributed by atoms with Crippen molar-refractivity contribution in [3.8, 4) is 5.75 Å². The molecular weight excluding hydrogens is 460 g/mol. The molecule has 3 N–H and O–H groups in total. The fourth-order valence-corrected chi connectivity index (χ4v) is 2.87. The van der Waals surface area contributed by atoms with Gasteiger partial charge in [-0.25, -0.2) is 10.2 Å². The summed E-state index contributed by atoms with van der Waals surface area (Å²) in [5.41, 5.74) is 3.86. The molecule has 0 saturated carbocycles. The first-order chi connectivity index (χ1) is 16.3. The molecule has 0 unspecified atom stereocenters. The highest BCUT2D eigenvalue weighted by Gasteiger charge is 2.13. The van der Waals surface area contributed by atoms with Crippen LogP contribution in [0.15, 0.2) is 77.9 Å². The van der Waals surface area contributed by atoms with E-state index in [0.29, 0.717) is 27.5 Å². The summed E-state index contributed by atoms with van der Waals surface area (Å²) >= 11 is 5.89. The molecular formula is C24H19ClN4O5. The van der Waals surface area contributed by atoms with Crippen LogP contribution in [0.3, 0.4) is 0 Å². The Morgan fingerprint density at radius 2 is 1.53 bits per heavy atom. The van der Waals surface area contributed by atoms with Crippen molar-refractivity contribution in [2.24, 2.45) is 5.10 Å². The molecule has 3 aromatic carbocycles. The van der Waals surface area contributed by atoms with Crippen LogP contribution in [0.2, 0.25) is 5.02 Å². The second-order valence-electron chi connectivity index (χ2n) is 6.88. The predicted octanol–water partition coefficient (Wildman–Crippen LogP) is 3.61. The average molecular weight is 479 g/mol. The molecule has 3 rings (SSSR count). The molecule has 0 spiro atoms. The zero-order chi connectivity index (χ0) is 24.5. The molecule has 0 aliphatic carbocycles. The zero-order valence-electron chi connectivity index (χ0n) is 17.9. The van der Waals surface area contributed by atoms with Gasteiger partial charge in [0.2, 0.25) is 5.91 Å². The van der Waals surface area contributed by atoms with Crippen molar-refractivity contribution in [3.05, 3.63) is 88.9 Å². The van der Waals surface area contributed by atoms with Gasteiger partial charge in [0.05, 0.1) is 11.8 Å². The Labute approximate surface area is 199 Å². The first-order valence-electron chi connectivity index (χ1n) is 9.90. The number of hydrazone groups is 1. The first kappa shape index (κ1) is 24.1. The van der Waals surface area contributed by atoms with E-state index in [9.17, 15) is 19.2 Å². The summed E-state index contributed by atoms with van der Waals surface area (Å²) in [4.78, 5) is 47.3. The van der Waals surface area contributed by atoms with E-state index in [1.165, 1.54) is 37.4 Å². The van der Waals surface area contributed by atoms with E-state index in [2.05, 4.69) is 21.2 Å². The SMILES string of the molecule is CC(=O)Nc1ccc(NC(=O)C(=O)NN=Cc2cccc(OC(=O)c3cccc(Cl)c3)c2)cc1. The molecule has 172 valence electrons. The van der Waals surface area contributed by atoms with Gasteiger partial charge < -0.3 is 15.4 Å². The number of hydrogen-bond donors (Lipinski definition) is 3. The Kier molecular flexibility index (Phi) is 8.09. The molecule has 0 aliphatic rings. The summed E-state index contributed by atoms with van der Waals surface area (Å²) in [6, 6.07) is 19.0. The molecule has 0 fully saturated rings. The quantitative estimate of drug-likeness (QED) is 0.164. The van der Waals surface area contributed by atoms with Crippen molar-refractivity contribution in [3.63, 3.8) is 0 Å². The van der Waals surface area contributed by atoms with Gasteiger partial charge in [0.25, 0.3) is 0 Å². The van der Waals surface area contributed by atoms with Crippen LogP contribution in [-0.4, -0.2) is 29.9 Å². The highest BCUT2D eigenvalue weighted by Crippen LogP contribution is 2.17. The minimum Gasteiger partial charge on any atom is -0.423 e. The Balaban J connectivity index is 1.53. The Bertz CT molecular complexity index is 1260. The fraction of sp³-hybridized carbons (Fsp3) is 0.0417. The maximum atomic E-state index is 12.2. The number of amides is 3. The van der Waals surface area contributed by atoms with Crippen LogP contribution in [0, 0.1) is 0 Å². The number of benzene rings is 3. The van der Waals surface area contributed by atoms with Crippen LogP contribution < -0.4 is 20.8 Å². The number of ether oxygens (including phenoxy) is 1. The number of esters is 1. The largest absolute Gasteiger partial charge is 0.423 e. The Hall–Kier alpha value is -4.50. The average Bonchev–Trinajstić information content (AvgIpc) is 2.80. The maximum absolute atomic E-state index is 12.2. The van der Waals surface area contributed by atoms with Crippen molar-refractivity contribution in [2.45, 2.75) is 6.92 Å². The number of halogens is 1. The molecule has 0 aromatic heterocycles. The molecule has 0 heterocycles. The lowest BCUT2D eigenvalue weighted by atomic mass is 10.2. The minimum atomic E-state index is -0.981. The number of hydrogen-bond acceptors (Lipinski definition) is 6.